The van der Waals surface area contributed by atoms with E-state index >= 15 is 0 Å². The topological polar surface area (TPSA) is 49.4 Å². The van der Waals surface area contributed by atoms with E-state index in [1.54, 1.807) is 11.8 Å². The Morgan fingerprint density at radius 2 is 1.73 bits per heavy atom. The molecule has 0 bridgehead atoms. The predicted molar refractivity (Wildman–Crippen MR) is 105 cm³/mol. The summed E-state index contributed by atoms with van der Waals surface area (Å²) in [5.41, 5.74) is 1.01. The maximum absolute atomic E-state index is 13.3. The van der Waals surface area contributed by atoms with E-state index in [9.17, 15) is 9.59 Å². The summed E-state index contributed by atoms with van der Waals surface area (Å²) < 4.78 is 0. The van der Waals surface area contributed by atoms with Gasteiger partial charge in [0.05, 0.1) is 0 Å². The van der Waals surface area contributed by atoms with Crippen LogP contribution in [0.5, 0.6) is 0 Å². The first-order valence-corrected chi connectivity index (χ1v) is 9.84. The highest BCUT2D eigenvalue weighted by atomic mass is 32.2. The third kappa shape index (κ3) is 4.88. The lowest BCUT2D eigenvalue weighted by atomic mass is 10.0. The molecular weight excluding hydrogens is 344 g/mol. The molecule has 1 N–H and O–H groups in total. The lowest BCUT2D eigenvalue weighted by Crippen LogP contribution is -2.50. The SMILES string of the molecule is CC(=O)NC1CCCN(C(=O)C(Sc2ccccc2)c2ccccc2)C1. The van der Waals surface area contributed by atoms with E-state index < -0.39 is 0 Å². The van der Waals surface area contributed by atoms with Crippen LogP contribution < -0.4 is 5.32 Å². The van der Waals surface area contributed by atoms with Gasteiger partial charge in [0.25, 0.3) is 0 Å². The summed E-state index contributed by atoms with van der Waals surface area (Å²) in [5, 5.41) is 2.67. The molecule has 0 aliphatic carbocycles. The van der Waals surface area contributed by atoms with Crippen LogP contribution in [0.3, 0.4) is 0 Å². The fourth-order valence-electron chi connectivity index (χ4n) is 3.27. The van der Waals surface area contributed by atoms with Crippen LogP contribution in [-0.2, 0) is 9.59 Å². The first kappa shape index (κ1) is 18.5. The van der Waals surface area contributed by atoms with Crippen molar-refractivity contribution in [3.63, 3.8) is 0 Å². The highest BCUT2D eigenvalue weighted by Gasteiger charge is 2.30. The standard InChI is InChI=1S/C21H24N2O2S/c1-16(24)22-18-11-8-14-23(15-18)21(25)20(17-9-4-2-5-10-17)26-19-12-6-3-7-13-19/h2-7,9-10,12-13,18,20H,8,11,14-15H2,1H3,(H,22,24). The largest absolute Gasteiger partial charge is 0.352 e. The molecule has 26 heavy (non-hydrogen) atoms. The highest BCUT2D eigenvalue weighted by Crippen LogP contribution is 2.37. The van der Waals surface area contributed by atoms with Gasteiger partial charge in [-0.15, -0.1) is 11.8 Å². The molecule has 136 valence electrons. The van der Waals surface area contributed by atoms with Gasteiger partial charge in [0.1, 0.15) is 5.25 Å². The first-order valence-electron chi connectivity index (χ1n) is 8.96. The van der Waals surface area contributed by atoms with Crippen LogP contribution in [0.2, 0.25) is 0 Å². The Kier molecular flexibility index (Phi) is 6.34. The zero-order chi connectivity index (χ0) is 18.4. The molecule has 4 nitrogen and oxygen atoms in total. The number of carbonyl (C=O) groups is 2. The third-order valence-corrected chi connectivity index (χ3v) is 5.72. The minimum Gasteiger partial charge on any atom is -0.352 e. The zero-order valence-corrected chi connectivity index (χ0v) is 15.7. The maximum atomic E-state index is 13.3. The Morgan fingerprint density at radius 3 is 2.38 bits per heavy atom. The number of piperidine rings is 1. The second-order valence-electron chi connectivity index (χ2n) is 6.55. The average molecular weight is 369 g/mol. The van der Waals surface area contributed by atoms with E-state index in [0.29, 0.717) is 6.54 Å². The minimum absolute atomic E-state index is 0.0393. The van der Waals surface area contributed by atoms with E-state index in [1.165, 1.54) is 6.92 Å². The Balaban J connectivity index is 1.79. The summed E-state index contributed by atoms with van der Waals surface area (Å²) in [7, 11) is 0. The van der Waals surface area contributed by atoms with Crippen molar-refractivity contribution in [2.45, 2.75) is 36.0 Å². The molecule has 5 heteroatoms. The number of nitrogens with one attached hydrogen (secondary N) is 1. The Morgan fingerprint density at radius 1 is 1.08 bits per heavy atom. The number of likely N-dealkylation sites (tertiary alicyclic amines) is 1. The molecule has 2 aromatic carbocycles. The summed E-state index contributed by atoms with van der Waals surface area (Å²) in [5.74, 6) is 0.0719. The van der Waals surface area contributed by atoms with Gasteiger partial charge in [-0.25, -0.2) is 0 Å². The van der Waals surface area contributed by atoms with Gasteiger partial charge in [0.15, 0.2) is 0 Å². The number of hydrogen-bond donors (Lipinski definition) is 1. The minimum atomic E-state index is -0.283. The van der Waals surface area contributed by atoms with Crippen LogP contribution in [0, 0.1) is 0 Å². The van der Waals surface area contributed by atoms with Gasteiger partial charge >= 0.3 is 0 Å². The van der Waals surface area contributed by atoms with E-state index in [2.05, 4.69) is 5.32 Å². The fraction of sp³-hybridized carbons (Fsp3) is 0.333. The van der Waals surface area contributed by atoms with Crippen molar-refractivity contribution >= 4 is 23.6 Å². The van der Waals surface area contributed by atoms with Gasteiger partial charge < -0.3 is 10.2 Å². The number of nitrogens with zero attached hydrogens (tertiary/aromatic N) is 1. The van der Waals surface area contributed by atoms with Crippen LogP contribution in [-0.4, -0.2) is 35.8 Å². The third-order valence-electron chi connectivity index (χ3n) is 4.46. The summed E-state index contributed by atoms with van der Waals surface area (Å²) in [4.78, 5) is 27.7. The number of amides is 2. The molecule has 1 aliphatic rings. The summed E-state index contributed by atoms with van der Waals surface area (Å²) >= 11 is 1.58. The Hall–Kier alpha value is -2.27. The van der Waals surface area contributed by atoms with Gasteiger partial charge in [-0.3, -0.25) is 9.59 Å². The molecule has 0 saturated carbocycles. The van der Waals surface area contributed by atoms with Crippen molar-refractivity contribution in [2.75, 3.05) is 13.1 Å². The zero-order valence-electron chi connectivity index (χ0n) is 14.9. The van der Waals surface area contributed by atoms with Gasteiger partial charge in [0.2, 0.25) is 11.8 Å². The van der Waals surface area contributed by atoms with E-state index in [-0.39, 0.29) is 23.1 Å². The number of rotatable bonds is 5. The van der Waals surface area contributed by atoms with Crippen molar-refractivity contribution in [1.82, 2.24) is 10.2 Å². The van der Waals surface area contributed by atoms with Crippen LogP contribution in [0.25, 0.3) is 0 Å². The number of benzene rings is 2. The molecule has 1 heterocycles. The molecule has 2 amide bonds. The molecule has 0 aromatic heterocycles. The van der Waals surface area contributed by atoms with Crippen molar-refractivity contribution < 1.29 is 9.59 Å². The quantitative estimate of drug-likeness (QED) is 0.820. The number of hydrogen-bond acceptors (Lipinski definition) is 3. The Labute approximate surface area is 159 Å². The molecule has 2 atom stereocenters. The summed E-state index contributed by atoms with van der Waals surface area (Å²) in [6, 6.07) is 20.0. The molecule has 1 fully saturated rings. The molecule has 1 saturated heterocycles. The van der Waals surface area contributed by atoms with E-state index in [4.69, 9.17) is 0 Å². The predicted octanol–water partition coefficient (Wildman–Crippen LogP) is 3.65. The lowest BCUT2D eigenvalue weighted by molar-refractivity contribution is -0.133. The van der Waals surface area contributed by atoms with Gasteiger partial charge in [-0.05, 0) is 30.5 Å². The summed E-state index contributed by atoms with van der Waals surface area (Å²) in [6.07, 6.45) is 1.83. The maximum Gasteiger partial charge on any atom is 0.240 e. The second kappa shape index (κ2) is 8.90. The van der Waals surface area contributed by atoms with Gasteiger partial charge in [-0.1, -0.05) is 48.5 Å². The highest BCUT2D eigenvalue weighted by molar-refractivity contribution is 8.00. The van der Waals surface area contributed by atoms with Crippen LogP contribution in [0.1, 0.15) is 30.6 Å². The van der Waals surface area contributed by atoms with Crippen molar-refractivity contribution in [3.8, 4) is 0 Å². The van der Waals surface area contributed by atoms with Crippen molar-refractivity contribution in [2.24, 2.45) is 0 Å². The van der Waals surface area contributed by atoms with E-state index in [0.717, 1.165) is 29.8 Å². The number of carbonyl (C=O) groups excluding carboxylic acids is 2. The van der Waals surface area contributed by atoms with Crippen LogP contribution in [0.15, 0.2) is 65.6 Å². The van der Waals surface area contributed by atoms with Gasteiger partial charge in [0, 0.05) is 31.0 Å². The van der Waals surface area contributed by atoms with Crippen molar-refractivity contribution in [1.29, 1.82) is 0 Å². The van der Waals surface area contributed by atoms with Gasteiger partial charge in [-0.2, -0.15) is 0 Å². The average Bonchev–Trinajstić information content (AvgIpc) is 2.67. The second-order valence-corrected chi connectivity index (χ2v) is 7.72. The monoisotopic (exact) mass is 368 g/mol. The molecule has 0 radical (unpaired) electrons. The first-order chi connectivity index (χ1) is 12.6. The number of thioether (sulfide) groups is 1. The van der Waals surface area contributed by atoms with Crippen LogP contribution in [0.4, 0.5) is 0 Å². The molecule has 3 rings (SSSR count). The summed E-state index contributed by atoms with van der Waals surface area (Å²) in [6.45, 7) is 2.85. The normalized spacial score (nSPS) is 18.2. The smallest absolute Gasteiger partial charge is 0.240 e. The molecule has 1 aliphatic heterocycles. The van der Waals surface area contributed by atoms with E-state index in [1.807, 2.05) is 65.6 Å². The van der Waals surface area contributed by atoms with Crippen LogP contribution >= 0.6 is 11.8 Å². The molecule has 2 aromatic rings. The molecule has 2 unspecified atom stereocenters. The molecule has 0 spiro atoms. The lowest BCUT2D eigenvalue weighted by Gasteiger charge is -2.35. The fourth-order valence-corrected chi connectivity index (χ4v) is 4.40. The molecular formula is C21H24N2O2S. The van der Waals surface area contributed by atoms with Crippen molar-refractivity contribution in [3.05, 3.63) is 66.2 Å². The Bertz CT molecular complexity index is 736.